The molecule has 0 atom stereocenters. The third-order valence-corrected chi connectivity index (χ3v) is 31.1. The minimum absolute atomic E-state index is 0.759. The molecule has 0 aliphatic heterocycles. The molecule has 0 aliphatic carbocycles. The zero-order chi connectivity index (χ0) is 12.3. The first-order valence-electron chi connectivity index (χ1n) is 5.95. The maximum atomic E-state index is 2.81. The minimum atomic E-state index is -2.46. The Hall–Kier alpha value is -0.0313. The molecule has 2 aromatic rings. The van der Waals surface area contributed by atoms with Gasteiger partial charge in [0.05, 0.1) is 0 Å². The topological polar surface area (TPSA) is 0 Å². The molecule has 0 heterocycles. The van der Waals surface area contributed by atoms with Crippen LogP contribution in [-0.4, -0.2) is 14.4 Å². The molecule has 0 nitrogen and oxygen atoms in total. The fourth-order valence-electron chi connectivity index (χ4n) is 2.19. The van der Waals surface area contributed by atoms with Crippen LogP contribution in [0.15, 0.2) is 60.7 Å². The van der Waals surface area contributed by atoms with Crippen molar-refractivity contribution >= 4 is 40.2 Å². The molecule has 2 rings (SSSR count). The van der Waals surface area contributed by atoms with Gasteiger partial charge >= 0.3 is 119 Å². The van der Waals surface area contributed by atoms with Crippen molar-refractivity contribution in [3.63, 3.8) is 0 Å². The first kappa shape index (κ1) is 13.4. The van der Waals surface area contributed by atoms with Crippen LogP contribution >= 0.6 is 18.6 Å². The van der Waals surface area contributed by atoms with E-state index in [4.69, 9.17) is 0 Å². The Morgan fingerprint density at radius 3 is 1.41 bits per heavy atom. The van der Waals surface area contributed by atoms with Crippen molar-refractivity contribution in [2.24, 2.45) is 0 Å². The molecule has 88 valence electrons. The van der Waals surface area contributed by atoms with E-state index in [2.05, 4.69) is 93.1 Å². The van der Waals surface area contributed by atoms with Gasteiger partial charge in [-0.15, -0.1) is 0 Å². The van der Waals surface area contributed by atoms with Crippen LogP contribution < -0.4 is 7.16 Å². The quantitative estimate of drug-likeness (QED) is 0.503. The van der Waals surface area contributed by atoms with Crippen LogP contribution in [0.5, 0.6) is 0 Å². The van der Waals surface area contributed by atoms with Gasteiger partial charge in [-0.05, 0) is 0 Å². The molecule has 0 aliphatic rings. The van der Waals surface area contributed by atoms with Crippen LogP contribution in [0.4, 0.5) is 0 Å². The van der Waals surface area contributed by atoms with Crippen LogP contribution in [0.2, 0.25) is 3.93 Å². The van der Waals surface area contributed by atoms with Crippen LogP contribution in [0.3, 0.4) is 0 Å². The van der Waals surface area contributed by atoms with E-state index in [9.17, 15) is 0 Å². The molecule has 0 bridgehead atoms. The molecule has 0 radical (unpaired) electrons. The first-order valence-corrected chi connectivity index (χ1v) is 18.8. The van der Waals surface area contributed by atoms with Gasteiger partial charge in [-0.1, -0.05) is 0 Å². The molecule has 0 amide bonds. The maximum absolute atomic E-state index is 2.81. The summed E-state index contributed by atoms with van der Waals surface area (Å²) < 4.78 is 3.93. The molecule has 17 heavy (non-hydrogen) atoms. The fraction of sp³-hybridized carbons (Fsp3) is 0.200. The molecule has 0 aromatic heterocycles. The normalized spacial score (nSPS) is 11.8. The average Bonchev–Trinajstić information content (AvgIpc) is 2.39. The third-order valence-electron chi connectivity index (χ3n) is 3.18. The van der Waals surface area contributed by atoms with Crippen molar-refractivity contribution in [1.29, 1.82) is 0 Å². The second-order valence-electron chi connectivity index (χ2n) is 4.60. The van der Waals surface area contributed by atoms with Gasteiger partial charge in [0.2, 0.25) is 0 Å². The predicted molar refractivity (Wildman–Crippen MR) is 87.0 cm³/mol. The SMILES string of the molecule is C[CH](C)[Sn]([I])([c]1ccccc1)[c]1ccccc1. The fourth-order valence-corrected chi connectivity index (χ4v) is 15.6. The third kappa shape index (κ3) is 2.70. The van der Waals surface area contributed by atoms with Crippen molar-refractivity contribution in [1.82, 2.24) is 0 Å². The molecular formula is C15H17ISn. The summed E-state index contributed by atoms with van der Waals surface area (Å²) in [6.45, 7) is 4.76. The van der Waals surface area contributed by atoms with Crippen molar-refractivity contribution in [3.8, 4) is 0 Å². The summed E-state index contributed by atoms with van der Waals surface area (Å²) in [5.41, 5.74) is 0. The second-order valence-corrected chi connectivity index (χ2v) is 26.7. The van der Waals surface area contributed by atoms with Gasteiger partial charge in [-0.2, -0.15) is 0 Å². The van der Waals surface area contributed by atoms with Gasteiger partial charge in [-0.25, -0.2) is 0 Å². The van der Waals surface area contributed by atoms with Crippen LogP contribution in [0, 0.1) is 0 Å². The molecule has 0 N–H and O–H groups in total. The van der Waals surface area contributed by atoms with Crippen molar-refractivity contribution in [3.05, 3.63) is 60.7 Å². The summed E-state index contributed by atoms with van der Waals surface area (Å²) >= 11 is 0.345. The van der Waals surface area contributed by atoms with E-state index in [0.717, 1.165) is 3.93 Å². The Bertz CT molecular complexity index is 425. The number of hydrogen-bond acceptors (Lipinski definition) is 0. The van der Waals surface area contributed by atoms with Gasteiger partial charge in [0.25, 0.3) is 0 Å². The molecule has 0 unspecified atom stereocenters. The summed E-state index contributed by atoms with van der Waals surface area (Å²) in [4.78, 5) is 0. The molecular weight excluding hydrogens is 426 g/mol. The van der Waals surface area contributed by atoms with Gasteiger partial charge < -0.3 is 0 Å². The number of rotatable bonds is 3. The number of halogens is 1. The summed E-state index contributed by atoms with van der Waals surface area (Å²) in [5, 5.41) is 0. The molecule has 2 aromatic carbocycles. The Morgan fingerprint density at radius 1 is 0.765 bits per heavy atom. The Morgan fingerprint density at radius 2 is 1.12 bits per heavy atom. The summed E-state index contributed by atoms with van der Waals surface area (Å²) in [6, 6.07) is 22.2. The molecule has 0 fully saturated rings. The Kier molecular flexibility index (Phi) is 4.52. The Balaban J connectivity index is 2.55. The van der Waals surface area contributed by atoms with Gasteiger partial charge in [0, 0.05) is 0 Å². The van der Waals surface area contributed by atoms with Crippen LogP contribution in [0.25, 0.3) is 0 Å². The van der Waals surface area contributed by atoms with E-state index in [-0.39, 0.29) is 0 Å². The predicted octanol–water partition coefficient (Wildman–Crippen LogP) is 3.59. The summed E-state index contributed by atoms with van der Waals surface area (Å²) in [6.07, 6.45) is 0. The van der Waals surface area contributed by atoms with Crippen LogP contribution in [-0.2, 0) is 0 Å². The van der Waals surface area contributed by atoms with Crippen molar-refractivity contribution < 1.29 is 0 Å². The monoisotopic (exact) mass is 444 g/mol. The molecule has 0 saturated carbocycles. The average molecular weight is 443 g/mol. The van der Waals surface area contributed by atoms with Gasteiger partial charge in [-0.3, -0.25) is 0 Å². The zero-order valence-electron chi connectivity index (χ0n) is 10.2. The van der Waals surface area contributed by atoms with E-state index in [1.165, 1.54) is 0 Å². The van der Waals surface area contributed by atoms with E-state index < -0.39 is 14.4 Å². The summed E-state index contributed by atoms with van der Waals surface area (Å²) in [5.74, 6) is 0. The van der Waals surface area contributed by atoms with Gasteiger partial charge in [0.15, 0.2) is 0 Å². The van der Waals surface area contributed by atoms with E-state index in [0.29, 0.717) is 0 Å². The van der Waals surface area contributed by atoms with Gasteiger partial charge in [0.1, 0.15) is 0 Å². The standard InChI is InChI=1S/2C6H5.C3H7.HI.Sn/c2*1-2-4-6-5-3-1;1-3-2;;/h2*1-5H;3H,1-2H3;1H;/q;;;;+1/p-1. The summed E-state index contributed by atoms with van der Waals surface area (Å²) in [7, 11) is 0. The number of benzene rings is 2. The van der Waals surface area contributed by atoms with Crippen molar-refractivity contribution in [2.75, 3.05) is 0 Å². The zero-order valence-corrected chi connectivity index (χ0v) is 15.2. The van der Waals surface area contributed by atoms with E-state index in [1.54, 1.807) is 7.16 Å². The van der Waals surface area contributed by atoms with E-state index >= 15 is 0 Å². The Labute approximate surface area is 118 Å². The molecule has 0 spiro atoms. The van der Waals surface area contributed by atoms with Crippen molar-refractivity contribution in [2.45, 2.75) is 17.8 Å². The second kappa shape index (κ2) is 5.74. The molecule has 0 saturated heterocycles. The van der Waals surface area contributed by atoms with E-state index in [1.807, 2.05) is 0 Å². The van der Waals surface area contributed by atoms with Crippen LogP contribution in [0.1, 0.15) is 13.8 Å². The molecule has 2 heteroatoms. The number of hydrogen-bond donors (Lipinski definition) is 0. The first-order chi connectivity index (χ1) is 8.15.